The van der Waals surface area contributed by atoms with Gasteiger partial charge in [0.2, 0.25) is 0 Å². The average molecular weight is 259 g/mol. The van der Waals surface area contributed by atoms with E-state index in [2.05, 4.69) is 39.2 Å². The van der Waals surface area contributed by atoms with Crippen LogP contribution in [0, 0.1) is 0 Å². The number of pyridine rings is 3. The van der Waals surface area contributed by atoms with E-state index < -0.39 is 0 Å². The Labute approximate surface area is 117 Å². The highest BCUT2D eigenvalue weighted by Crippen LogP contribution is 2.20. The molecule has 0 unspecified atom stereocenters. The van der Waals surface area contributed by atoms with Crippen LogP contribution >= 0.6 is 0 Å². The first-order valence-electron chi connectivity index (χ1n) is 6.38. The van der Waals surface area contributed by atoms with E-state index in [0.29, 0.717) is 0 Å². The number of nitrogens with zero attached hydrogens (tertiary/aromatic N) is 3. The summed E-state index contributed by atoms with van der Waals surface area (Å²) in [7, 11) is 0. The van der Waals surface area contributed by atoms with Gasteiger partial charge in [0.25, 0.3) is 0 Å². The van der Waals surface area contributed by atoms with Gasteiger partial charge in [0.15, 0.2) is 0 Å². The summed E-state index contributed by atoms with van der Waals surface area (Å²) in [6.45, 7) is 0. The van der Waals surface area contributed by atoms with Crippen molar-refractivity contribution in [2.24, 2.45) is 0 Å². The number of hydrogen-bond acceptors (Lipinski definition) is 3. The van der Waals surface area contributed by atoms with E-state index in [0.717, 1.165) is 21.8 Å². The van der Waals surface area contributed by atoms with Crippen molar-refractivity contribution in [3.63, 3.8) is 0 Å². The maximum Gasteiger partial charge on any atom is 0.0964 e. The minimum Gasteiger partial charge on any atom is -0.265 e. The second kappa shape index (κ2) is 5.89. The van der Waals surface area contributed by atoms with E-state index in [4.69, 9.17) is 0 Å². The van der Waals surface area contributed by atoms with Gasteiger partial charge in [-0.3, -0.25) is 15.0 Å². The zero-order valence-electron chi connectivity index (χ0n) is 10.8. The van der Waals surface area contributed by atoms with Crippen molar-refractivity contribution in [1.82, 2.24) is 15.0 Å². The molecule has 0 saturated carbocycles. The van der Waals surface area contributed by atoms with Gasteiger partial charge < -0.3 is 0 Å². The highest BCUT2D eigenvalue weighted by molar-refractivity contribution is 6.02. The first-order chi connectivity index (χ1) is 9.95. The number of benzene rings is 1. The molecular formula is C17H13N3. The van der Waals surface area contributed by atoms with Crippen molar-refractivity contribution >= 4 is 21.8 Å². The maximum atomic E-state index is 4.35. The third kappa shape index (κ3) is 2.62. The molecule has 3 nitrogen and oxygen atoms in total. The smallest absolute Gasteiger partial charge is 0.0964 e. The van der Waals surface area contributed by atoms with Crippen LogP contribution in [0.25, 0.3) is 21.8 Å². The molecule has 20 heavy (non-hydrogen) atoms. The van der Waals surface area contributed by atoms with E-state index in [9.17, 15) is 0 Å². The molecule has 0 atom stereocenters. The van der Waals surface area contributed by atoms with Gasteiger partial charge >= 0.3 is 0 Å². The Morgan fingerprint density at radius 3 is 1.45 bits per heavy atom. The molecule has 0 amide bonds. The Hall–Kier alpha value is -2.81. The molecular weight excluding hydrogens is 246 g/mol. The fraction of sp³-hybridized carbons (Fsp3) is 0. The molecule has 0 radical (unpaired) electrons. The summed E-state index contributed by atoms with van der Waals surface area (Å²) in [6.07, 6.45) is 7.10. The molecule has 0 N–H and O–H groups in total. The monoisotopic (exact) mass is 259 g/mol. The van der Waals surface area contributed by atoms with Crippen molar-refractivity contribution in [2.75, 3.05) is 0 Å². The van der Waals surface area contributed by atoms with E-state index >= 15 is 0 Å². The third-order valence-corrected chi connectivity index (χ3v) is 2.91. The van der Waals surface area contributed by atoms with Crippen molar-refractivity contribution < 1.29 is 0 Å². The van der Waals surface area contributed by atoms with Gasteiger partial charge in [-0.25, -0.2) is 0 Å². The fourth-order valence-corrected chi connectivity index (χ4v) is 1.99. The summed E-state index contributed by atoms with van der Waals surface area (Å²) >= 11 is 0. The van der Waals surface area contributed by atoms with Crippen LogP contribution in [0.2, 0.25) is 0 Å². The molecule has 96 valence electrons. The zero-order chi connectivity index (χ0) is 13.6. The summed E-state index contributed by atoms with van der Waals surface area (Å²) in [4.78, 5) is 12.5. The highest BCUT2D eigenvalue weighted by Gasteiger charge is 2.00. The summed E-state index contributed by atoms with van der Waals surface area (Å²) in [6, 6.07) is 17.9. The van der Waals surface area contributed by atoms with E-state index in [-0.39, 0.29) is 0 Å². The van der Waals surface area contributed by atoms with Gasteiger partial charge in [0.05, 0.1) is 11.0 Å². The van der Waals surface area contributed by atoms with Crippen molar-refractivity contribution in [2.45, 2.75) is 0 Å². The average Bonchev–Trinajstić information content (AvgIpc) is 2.57. The van der Waals surface area contributed by atoms with Crippen LogP contribution in [0.4, 0.5) is 0 Å². The zero-order valence-corrected chi connectivity index (χ0v) is 10.8. The van der Waals surface area contributed by atoms with E-state index in [1.807, 2.05) is 30.3 Å². The molecule has 0 saturated heterocycles. The topological polar surface area (TPSA) is 38.7 Å². The first-order valence-corrected chi connectivity index (χ1v) is 6.38. The Morgan fingerprint density at radius 1 is 0.500 bits per heavy atom. The van der Waals surface area contributed by atoms with Crippen LogP contribution in [0.1, 0.15) is 0 Å². The van der Waals surface area contributed by atoms with Crippen LogP contribution < -0.4 is 0 Å². The molecule has 1 aromatic carbocycles. The largest absolute Gasteiger partial charge is 0.265 e. The molecule has 0 fully saturated rings. The molecule has 0 aliphatic rings. The third-order valence-electron chi connectivity index (χ3n) is 2.91. The Balaban J connectivity index is 0.000000170. The molecule has 4 rings (SSSR count). The van der Waals surface area contributed by atoms with Crippen LogP contribution in [0.15, 0.2) is 79.4 Å². The highest BCUT2D eigenvalue weighted by atomic mass is 14.7. The van der Waals surface area contributed by atoms with Crippen LogP contribution in [0.3, 0.4) is 0 Å². The minimum atomic E-state index is 0.977. The molecule has 3 aromatic heterocycles. The van der Waals surface area contributed by atoms with Gasteiger partial charge in [-0.05, 0) is 24.3 Å². The van der Waals surface area contributed by atoms with Crippen LogP contribution in [-0.2, 0) is 0 Å². The maximum absolute atomic E-state index is 4.35. The Kier molecular flexibility index (Phi) is 3.60. The summed E-state index contributed by atoms with van der Waals surface area (Å²) < 4.78 is 0. The Morgan fingerprint density at radius 2 is 1.05 bits per heavy atom. The lowest BCUT2D eigenvalue weighted by Gasteiger charge is -2.00. The van der Waals surface area contributed by atoms with Crippen molar-refractivity contribution in [1.29, 1.82) is 0 Å². The molecule has 0 bridgehead atoms. The quantitative estimate of drug-likeness (QED) is 0.450. The van der Waals surface area contributed by atoms with Gasteiger partial charge in [0, 0.05) is 35.6 Å². The van der Waals surface area contributed by atoms with Crippen LogP contribution in [0.5, 0.6) is 0 Å². The second-order valence-electron chi connectivity index (χ2n) is 4.24. The number of aromatic nitrogens is 3. The summed E-state index contributed by atoms with van der Waals surface area (Å²) in [5.74, 6) is 0. The lowest BCUT2D eigenvalue weighted by atomic mass is 10.1. The number of fused-ring (bicyclic) bond motifs is 3. The molecule has 3 heterocycles. The molecule has 4 aromatic rings. The van der Waals surface area contributed by atoms with Crippen molar-refractivity contribution in [3.05, 3.63) is 79.4 Å². The molecule has 3 heteroatoms. The minimum absolute atomic E-state index is 0.977. The fourth-order valence-electron chi connectivity index (χ4n) is 1.99. The van der Waals surface area contributed by atoms with Crippen LogP contribution in [-0.4, -0.2) is 15.0 Å². The van der Waals surface area contributed by atoms with Gasteiger partial charge in [-0.2, -0.15) is 0 Å². The van der Waals surface area contributed by atoms with E-state index in [1.165, 1.54) is 0 Å². The predicted molar refractivity (Wildman–Crippen MR) is 81.3 cm³/mol. The Bertz CT molecular complexity index is 732. The summed E-state index contributed by atoms with van der Waals surface area (Å²) in [5.41, 5.74) is 1.95. The number of rotatable bonds is 0. The SMILES string of the molecule is c1ccncc1.c1cnc2c(c1)ccc1cccnc12. The normalized spacial score (nSPS) is 10.0. The lowest BCUT2D eigenvalue weighted by molar-refractivity contribution is 1.33. The number of hydrogen-bond donors (Lipinski definition) is 0. The standard InChI is InChI=1S/C12H8N2.C5H5N/c1-3-9-5-6-10-4-2-8-14-12(10)11(9)13-7-1;1-2-4-6-5-3-1/h1-8H;1-5H. The molecule has 0 aliphatic carbocycles. The van der Waals surface area contributed by atoms with Gasteiger partial charge in [0.1, 0.15) is 0 Å². The lowest BCUT2D eigenvalue weighted by Crippen LogP contribution is -1.83. The van der Waals surface area contributed by atoms with E-state index in [1.54, 1.807) is 24.8 Å². The van der Waals surface area contributed by atoms with Gasteiger partial charge in [-0.15, -0.1) is 0 Å². The van der Waals surface area contributed by atoms with Gasteiger partial charge in [-0.1, -0.05) is 30.3 Å². The first kappa shape index (κ1) is 12.2. The van der Waals surface area contributed by atoms with Crippen molar-refractivity contribution in [3.8, 4) is 0 Å². The summed E-state index contributed by atoms with van der Waals surface area (Å²) in [5, 5.41) is 2.28. The predicted octanol–water partition coefficient (Wildman–Crippen LogP) is 3.86. The molecule has 0 spiro atoms. The molecule has 0 aliphatic heterocycles. The second-order valence-corrected chi connectivity index (χ2v) is 4.24.